The molecule has 4 aromatic rings. The number of aromatic nitrogens is 2. The van der Waals surface area contributed by atoms with Crippen molar-refractivity contribution in [2.24, 2.45) is 0 Å². The predicted octanol–water partition coefficient (Wildman–Crippen LogP) is 6.37. The van der Waals surface area contributed by atoms with Gasteiger partial charge in [-0.2, -0.15) is 0 Å². The highest BCUT2D eigenvalue weighted by molar-refractivity contribution is 14.1. The molecule has 5 heteroatoms. The van der Waals surface area contributed by atoms with Crippen LogP contribution >= 0.6 is 22.6 Å². The highest BCUT2D eigenvalue weighted by atomic mass is 127. The van der Waals surface area contributed by atoms with Crippen molar-refractivity contribution in [2.75, 3.05) is 0 Å². The van der Waals surface area contributed by atoms with E-state index in [2.05, 4.69) is 4.98 Å². The van der Waals surface area contributed by atoms with Crippen molar-refractivity contribution in [3.05, 3.63) is 84.9 Å². The zero-order chi connectivity index (χ0) is 18.1. The first-order valence-corrected chi connectivity index (χ1v) is 9.27. The average Bonchev–Trinajstić information content (AvgIpc) is 3.07. The molecule has 1 atom stereocenters. The fraction of sp³-hybridized carbons (Fsp3) is 0.0952. The number of ether oxygens (including phenoxy) is 1. The van der Waals surface area contributed by atoms with Crippen LogP contribution < -0.4 is 4.74 Å². The van der Waals surface area contributed by atoms with E-state index in [1.807, 2.05) is 72.9 Å². The molecule has 2 aromatic carbocycles. The van der Waals surface area contributed by atoms with Crippen LogP contribution in [0.3, 0.4) is 0 Å². The van der Waals surface area contributed by atoms with E-state index in [0.29, 0.717) is 5.82 Å². The molecule has 0 spiro atoms. The lowest BCUT2D eigenvalue weighted by Crippen LogP contribution is -2.10. The van der Waals surface area contributed by atoms with Crippen molar-refractivity contribution in [3.8, 4) is 22.6 Å². The molecule has 2 heterocycles. The number of hydrogen-bond acceptors (Lipinski definition) is 2. The number of pyridine rings is 1. The molecular weight excluding hydrogens is 442 g/mol. The number of imidazole rings is 1. The summed E-state index contributed by atoms with van der Waals surface area (Å²) in [6, 6.07) is 21.5. The van der Waals surface area contributed by atoms with Gasteiger partial charge in [0.2, 0.25) is 3.68 Å². The van der Waals surface area contributed by atoms with E-state index < -0.39 is 3.68 Å². The topological polar surface area (TPSA) is 26.5 Å². The maximum Gasteiger partial charge on any atom is 0.215 e. The van der Waals surface area contributed by atoms with Crippen LogP contribution in [0.15, 0.2) is 79.1 Å². The summed E-state index contributed by atoms with van der Waals surface area (Å²) in [6.07, 6.45) is 3.60. The molecule has 0 bridgehead atoms. The van der Waals surface area contributed by atoms with Gasteiger partial charge in [-0.25, -0.2) is 9.37 Å². The summed E-state index contributed by atoms with van der Waals surface area (Å²) in [5.41, 5.74) is 2.89. The van der Waals surface area contributed by atoms with Gasteiger partial charge < -0.3 is 4.74 Å². The van der Waals surface area contributed by atoms with Gasteiger partial charge in [-0.1, -0.05) is 36.4 Å². The number of para-hydroxylation sites is 1. The van der Waals surface area contributed by atoms with Crippen molar-refractivity contribution in [1.29, 1.82) is 0 Å². The van der Waals surface area contributed by atoms with Crippen LogP contribution in [-0.2, 0) is 3.68 Å². The monoisotopic (exact) mass is 458 g/mol. The van der Waals surface area contributed by atoms with Crippen LogP contribution in [0.5, 0.6) is 11.5 Å². The van der Waals surface area contributed by atoms with Crippen LogP contribution in [0.25, 0.3) is 16.6 Å². The molecule has 0 aliphatic heterocycles. The molecule has 1 unspecified atom stereocenters. The normalized spacial score (nSPS) is 13.5. The van der Waals surface area contributed by atoms with Crippen LogP contribution in [0, 0.1) is 0 Å². The second kappa shape index (κ2) is 6.72. The summed E-state index contributed by atoms with van der Waals surface area (Å²) >= 11 is 1.76. The van der Waals surface area contributed by atoms with E-state index in [1.54, 1.807) is 33.2 Å². The standard InChI is InChI=1S/C21H16FIN2O/c1-21(22,23)20-24-13-17-10-7-16(14-25(17)20)15-8-11-19(12-9-15)26-18-5-3-2-4-6-18/h2-14H,1H3. The first kappa shape index (κ1) is 17.0. The Hall–Kier alpha value is -2.41. The van der Waals surface area contributed by atoms with E-state index in [0.717, 1.165) is 28.1 Å². The number of alkyl halides is 2. The minimum absolute atomic E-state index is 0.388. The quantitative estimate of drug-likeness (QED) is 0.263. The van der Waals surface area contributed by atoms with E-state index in [-0.39, 0.29) is 0 Å². The van der Waals surface area contributed by atoms with E-state index >= 15 is 0 Å². The largest absolute Gasteiger partial charge is 0.457 e. The first-order valence-electron chi connectivity index (χ1n) is 8.19. The third-order valence-electron chi connectivity index (χ3n) is 4.09. The maximum atomic E-state index is 14.4. The summed E-state index contributed by atoms with van der Waals surface area (Å²) < 4.78 is 20.5. The summed E-state index contributed by atoms with van der Waals surface area (Å²) in [7, 11) is 0. The van der Waals surface area contributed by atoms with E-state index in [4.69, 9.17) is 4.74 Å². The highest BCUT2D eigenvalue weighted by Crippen LogP contribution is 2.33. The Bertz CT molecular complexity index is 1040. The number of nitrogens with zero attached hydrogens (tertiary/aromatic N) is 2. The lowest BCUT2D eigenvalue weighted by molar-refractivity contribution is 0.331. The third-order valence-corrected chi connectivity index (χ3v) is 4.57. The van der Waals surface area contributed by atoms with Gasteiger partial charge in [0.15, 0.2) is 5.82 Å². The molecule has 0 saturated carbocycles. The van der Waals surface area contributed by atoms with Gasteiger partial charge in [0.05, 0.1) is 11.7 Å². The minimum Gasteiger partial charge on any atom is -0.457 e. The Morgan fingerprint density at radius 1 is 0.923 bits per heavy atom. The molecule has 0 saturated heterocycles. The fourth-order valence-electron chi connectivity index (χ4n) is 2.83. The van der Waals surface area contributed by atoms with Gasteiger partial charge in [0.1, 0.15) is 11.5 Å². The Balaban J connectivity index is 1.65. The van der Waals surface area contributed by atoms with Crippen LogP contribution in [0.4, 0.5) is 4.39 Å². The molecule has 2 aromatic heterocycles. The lowest BCUT2D eigenvalue weighted by atomic mass is 10.1. The smallest absolute Gasteiger partial charge is 0.215 e. The van der Waals surface area contributed by atoms with Crippen LogP contribution in [0.1, 0.15) is 12.7 Å². The summed E-state index contributed by atoms with van der Waals surface area (Å²) in [5.74, 6) is 1.96. The molecule has 0 fully saturated rings. The third kappa shape index (κ3) is 3.44. The number of rotatable bonds is 4. The number of benzene rings is 2. The van der Waals surface area contributed by atoms with Crippen LogP contribution in [0.2, 0.25) is 0 Å². The summed E-state index contributed by atoms with van der Waals surface area (Å²) in [5, 5.41) is 0. The molecule has 0 aliphatic rings. The van der Waals surface area contributed by atoms with Gasteiger partial charge in [-0.05, 0) is 71.0 Å². The first-order chi connectivity index (χ1) is 12.5. The maximum absolute atomic E-state index is 14.4. The molecule has 0 N–H and O–H groups in total. The lowest BCUT2D eigenvalue weighted by Gasteiger charge is -2.12. The Labute approximate surface area is 164 Å². The molecule has 26 heavy (non-hydrogen) atoms. The SMILES string of the molecule is CC(F)(I)c1ncc2ccc(-c3ccc(Oc4ccccc4)cc3)cn12. The molecule has 0 radical (unpaired) electrons. The molecule has 0 amide bonds. The number of halogens is 2. The summed E-state index contributed by atoms with van der Waals surface area (Å²) in [6.45, 7) is 1.50. The van der Waals surface area contributed by atoms with Crippen molar-refractivity contribution in [1.82, 2.24) is 9.38 Å². The van der Waals surface area contributed by atoms with Gasteiger partial charge >= 0.3 is 0 Å². The second-order valence-corrected chi connectivity index (χ2v) is 8.15. The Morgan fingerprint density at radius 2 is 1.58 bits per heavy atom. The minimum atomic E-state index is -1.53. The van der Waals surface area contributed by atoms with Crippen LogP contribution in [-0.4, -0.2) is 9.38 Å². The second-order valence-electron chi connectivity index (χ2n) is 6.12. The molecule has 130 valence electrons. The predicted molar refractivity (Wildman–Crippen MR) is 110 cm³/mol. The number of hydrogen-bond donors (Lipinski definition) is 0. The van der Waals surface area contributed by atoms with Crippen molar-refractivity contribution >= 4 is 28.1 Å². The zero-order valence-electron chi connectivity index (χ0n) is 14.1. The molecular formula is C21H16FIN2O. The Morgan fingerprint density at radius 3 is 2.27 bits per heavy atom. The highest BCUT2D eigenvalue weighted by Gasteiger charge is 2.26. The summed E-state index contributed by atoms with van der Waals surface area (Å²) in [4.78, 5) is 4.22. The number of fused-ring (bicyclic) bond motifs is 1. The fourth-order valence-corrected chi connectivity index (χ4v) is 3.23. The van der Waals surface area contributed by atoms with Gasteiger partial charge in [-0.3, -0.25) is 4.40 Å². The van der Waals surface area contributed by atoms with Gasteiger partial charge in [-0.15, -0.1) is 0 Å². The Kier molecular flexibility index (Phi) is 4.40. The van der Waals surface area contributed by atoms with E-state index in [9.17, 15) is 4.39 Å². The van der Waals surface area contributed by atoms with E-state index in [1.165, 1.54) is 6.92 Å². The van der Waals surface area contributed by atoms with Crippen molar-refractivity contribution in [2.45, 2.75) is 10.6 Å². The van der Waals surface area contributed by atoms with Crippen molar-refractivity contribution in [3.63, 3.8) is 0 Å². The van der Waals surface area contributed by atoms with Crippen molar-refractivity contribution < 1.29 is 9.13 Å². The molecule has 0 aliphatic carbocycles. The van der Waals surface area contributed by atoms with Gasteiger partial charge in [0, 0.05) is 6.20 Å². The van der Waals surface area contributed by atoms with Gasteiger partial charge in [0.25, 0.3) is 0 Å². The molecule has 4 rings (SSSR count). The molecule has 3 nitrogen and oxygen atoms in total. The zero-order valence-corrected chi connectivity index (χ0v) is 16.2. The average molecular weight is 458 g/mol.